The highest BCUT2D eigenvalue weighted by atomic mass is 16.5. The van der Waals surface area contributed by atoms with Crippen molar-refractivity contribution >= 4 is 0 Å². The molecule has 6 nitrogen and oxygen atoms in total. The van der Waals surface area contributed by atoms with Crippen LogP contribution >= 0.6 is 0 Å². The molecule has 1 aliphatic rings. The number of hydrogen-bond acceptors (Lipinski definition) is 5. The number of tetrazole rings is 1. The molecular weight excluding hydrogens is 242 g/mol. The molecule has 19 heavy (non-hydrogen) atoms. The molecule has 1 heterocycles. The van der Waals surface area contributed by atoms with E-state index in [1.54, 1.807) is 7.05 Å². The Hall–Kier alpha value is -1.95. The van der Waals surface area contributed by atoms with Crippen molar-refractivity contribution in [3.63, 3.8) is 0 Å². The monoisotopic (exact) mass is 259 g/mol. The van der Waals surface area contributed by atoms with Gasteiger partial charge in [-0.3, -0.25) is 0 Å². The van der Waals surface area contributed by atoms with E-state index < -0.39 is 0 Å². The smallest absolute Gasteiger partial charge is 0.212 e. The fourth-order valence-electron chi connectivity index (χ4n) is 1.86. The lowest BCUT2D eigenvalue weighted by Gasteiger charge is -2.10. The summed E-state index contributed by atoms with van der Waals surface area (Å²) in [6, 6.07) is 8.74. The van der Waals surface area contributed by atoms with Crippen LogP contribution in [0, 0.1) is 0 Å². The number of ether oxygens (including phenoxy) is 1. The van der Waals surface area contributed by atoms with E-state index in [4.69, 9.17) is 4.74 Å². The number of benzene rings is 1. The summed E-state index contributed by atoms with van der Waals surface area (Å²) in [6.45, 7) is 1.18. The topological polar surface area (TPSA) is 64.9 Å². The van der Waals surface area contributed by atoms with Crippen molar-refractivity contribution in [3.05, 3.63) is 35.7 Å². The number of nitrogens with one attached hydrogen (secondary N) is 1. The predicted molar refractivity (Wildman–Crippen MR) is 69.4 cm³/mol. The third kappa shape index (κ3) is 3.29. The molecule has 0 atom stereocenters. The van der Waals surface area contributed by atoms with E-state index in [9.17, 15) is 0 Å². The lowest BCUT2D eigenvalue weighted by Crippen LogP contribution is -2.16. The lowest BCUT2D eigenvalue weighted by molar-refractivity contribution is 0.291. The average molecular weight is 259 g/mol. The zero-order chi connectivity index (χ0) is 13.1. The molecule has 3 rings (SSSR count). The summed E-state index contributed by atoms with van der Waals surface area (Å²) in [5.74, 6) is 1.47. The van der Waals surface area contributed by atoms with Gasteiger partial charge in [0.25, 0.3) is 0 Å². The molecular formula is C13H17N5O. The van der Waals surface area contributed by atoms with Crippen LogP contribution in [0.1, 0.15) is 24.2 Å². The Morgan fingerprint density at radius 3 is 2.95 bits per heavy atom. The molecule has 0 spiro atoms. The molecule has 1 aromatic carbocycles. The normalized spacial score (nSPS) is 14.6. The van der Waals surface area contributed by atoms with Crippen molar-refractivity contribution in [2.24, 2.45) is 7.05 Å². The maximum absolute atomic E-state index is 5.77. The van der Waals surface area contributed by atoms with Gasteiger partial charge in [-0.05, 0) is 24.1 Å². The Labute approximate surface area is 111 Å². The van der Waals surface area contributed by atoms with Gasteiger partial charge >= 0.3 is 0 Å². The maximum Gasteiger partial charge on any atom is 0.212 e. The summed E-state index contributed by atoms with van der Waals surface area (Å²) in [6.07, 6.45) is 2.57. The Kier molecular flexibility index (Phi) is 3.41. The number of para-hydroxylation sites is 1. The minimum Gasteiger partial charge on any atom is -0.485 e. The summed E-state index contributed by atoms with van der Waals surface area (Å²) in [5.41, 5.74) is 1.17. The van der Waals surface area contributed by atoms with E-state index in [-0.39, 0.29) is 0 Å². The molecule has 2 aromatic rings. The highest BCUT2D eigenvalue weighted by molar-refractivity contribution is 5.33. The number of hydrogen-bond donors (Lipinski definition) is 1. The van der Waals surface area contributed by atoms with Crippen LogP contribution in [0.4, 0.5) is 0 Å². The molecule has 6 heteroatoms. The molecule has 1 saturated carbocycles. The Bertz CT molecular complexity index is 549. The van der Waals surface area contributed by atoms with E-state index in [2.05, 4.69) is 26.8 Å². The van der Waals surface area contributed by atoms with Crippen LogP contribution < -0.4 is 10.1 Å². The van der Waals surface area contributed by atoms with Crippen molar-refractivity contribution in [2.45, 2.75) is 32.0 Å². The summed E-state index contributed by atoms with van der Waals surface area (Å²) >= 11 is 0. The van der Waals surface area contributed by atoms with Gasteiger partial charge in [-0.15, -0.1) is 10.2 Å². The molecule has 0 radical (unpaired) electrons. The number of rotatable bonds is 6. The van der Waals surface area contributed by atoms with Crippen molar-refractivity contribution in [1.82, 2.24) is 25.5 Å². The van der Waals surface area contributed by atoms with Crippen LogP contribution in [0.25, 0.3) is 0 Å². The van der Waals surface area contributed by atoms with Crippen molar-refractivity contribution < 1.29 is 4.74 Å². The summed E-state index contributed by atoms with van der Waals surface area (Å²) in [7, 11) is 1.74. The second-order valence-electron chi connectivity index (χ2n) is 4.75. The van der Waals surface area contributed by atoms with Gasteiger partial charge in [0, 0.05) is 18.2 Å². The van der Waals surface area contributed by atoms with E-state index in [0.717, 1.165) is 12.3 Å². The molecule has 0 unspecified atom stereocenters. The summed E-state index contributed by atoms with van der Waals surface area (Å²) < 4.78 is 5.77. The number of aryl methyl sites for hydroxylation is 1. The van der Waals surface area contributed by atoms with Gasteiger partial charge in [-0.1, -0.05) is 18.2 Å². The van der Waals surface area contributed by atoms with Gasteiger partial charge in [0.1, 0.15) is 5.75 Å². The van der Waals surface area contributed by atoms with Crippen molar-refractivity contribution in [2.75, 3.05) is 0 Å². The number of nitrogens with zero attached hydrogens (tertiary/aromatic N) is 4. The van der Waals surface area contributed by atoms with Crippen molar-refractivity contribution in [3.8, 4) is 5.75 Å². The van der Waals surface area contributed by atoms with Crippen LogP contribution in [0.3, 0.4) is 0 Å². The zero-order valence-corrected chi connectivity index (χ0v) is 10.9. The largest absolute Gasteiger partial charge is 0.485 e. The molecule has 0 bridgehead atoms. The van der Waals surface area contributed by atoms with Crippen LogP contribution in [0.15, 0.2) is 24.3 Å². The maximum atomic E-state index is 5.77. The van der Waals surface area contributed by atoms with Crippen LogP contribution in [-0.4, -0.2) is 26.2 Å². The molecule has 1 fully saturated rings. The highest BCUT2D eigenvalue weighted by Gasteiger charge is 2.20. The van der Waals surface area contributed by atoms with E-state index >= 15 is 0 Å². The molecule has 1 N–H and O–H groups in total. The van der Waals surface area contributed by atoms with Gasteiger partial charge in [0.05, 0.1) is 7.05 Å². The molecule has 0 saturated heterocycles. The molecule has 0 amide bonds. The Morgan fingerprint density at radius 1 is 1.37 bits per heavy atom. The zero-order valence-electron chi connectivity index (χ0n) is 10.9. The van der Waals surface area contributed by atoms with Gasteiger partial charge in [0.15, 0.2) is 6.61 Å². The second kappa shape index (κ2) is 5.36. The third-order valence-corrected chi connectivity index (χ3v) is 3.04. The minimum absolute atomic E-state index is 0.342. The Morgan fingerprint density at radius 2 is 2.21 bits per heavy atom. The van der Waals surface area contributed by atoms with Gasteiger partial charge in [-0.2, -0.15) is 4.80 Å². The van der Waals surface area contributed by atoms with Crippen LogP contribution in [0.2, 0.25) is 0 Å². The first kappa shape index (κ1) is 12.1. The van der Waals surface area contributed by atoms with Gasteiger partial charge in [0.2, 0.25) is 5.82 Å². The highest BCUT2D eigenvalue weighted by Crippen LogP contribution is 2.22. The molecule has 1 aliphatic carbocycles. The minimum atomic E-state index is 0.342. The third-order valence-electron chi connectivity index (χ3n) is 3.04. The first-order valence-electron chi connectivity index (χ1n) is 6.48. The molecule has 0 aliphatic heterocycles. The van der Waals surface area contributed by atoms with Crippen LogP contribution in [-0.2, 0) is 20.2 Å². The first-order valence-corrected chi connectivity index (χ1v) is 6.48. The fraction of sp³-hybridized carbons (Fsp3) is 0.462. The summed E-state index contributed by atoms with van der Waals surface area (Å²) in [5, 5.41) is 15.3. The molecule has 100 valence electrons. The van der Waals surface area contributed by atoms with E-state index in [0.29, 0.717) is 18.5 Å². The fourth-order valence-corrected chi connectivity index (χ4v) is 1.86. The van der Waals surface area contributed by atoms with E-state index in [1.807, 2.05) is 18.2 Å². The standard InChI is InChI=1S/C13H17N5O/c1-18-16-13(15-17-18)9-19-12-5-3-2-4-10(12)8-14-11-6-7-11/h2-5,11,14H,6-9H2,1H3. The Balaban J connectivity index is 1.62. The average Bonchev–Trinajstić information content (AvgIpc) is 3.17. The SMILES string of the molecule is Cn1nnc(COc2ccccc2CNC2CC2)n1. The number of aromatic nitrogens is 4. The second-order valence-corrected chi connectivity index (χ2v) is 4.75. The van der Waals surface area contributed by atoms with Crippen LogP contribution in [0.5, 0.6) is 5.75 Å². The van der Waals surface area contributed by atoms with Crippen molar-refractivity contribution in [1.29, 1.82) is 0 Å². The van der Waals surface area contributed by atoms with Gasteiger partial charge in [-0.25, -0.2) is 0 Å². The first-order chi connectivity index (χ1) is 9.31. The molecule has 1 aromatic heterocycles. The summed E-state index contributed by atoms with van der Waals surface area (Å²) in [4.78, 5) is 1.43. The quantitative estimate of drug-likeness (QED) is 0.839. The predicted octanol–water partition coefficient (Wildman–Crippen LogP) is 1.04. The lowest BCUT2D eigenvalue weighted by atomic mass is 10.2. The van der Waals surface area contributed by atoms with E-state index in [1.165, 1.54) is 23.2 Å². The van der Waals surface area contributed by atoms with Gasteiger partial charge < -0.3 is 10.1 Å².